The fourth-order valence-corrected chi connectivity index (χ4v) is 3.16. The molecule has 0 bridgehead atoms. The van der Waals surface area contributed by atoms with E-state index >= 15 is 0 Å². The van der Waals surface area contributed by atoms with Crippen LogP contribution in [0, 0.1) is 5.92 Å². The van der Waals surface area contributed by atoms with Crippen LogP contribution in [0.3, 0.4) is 0 Å². The lowest BCUT2D eigenvalue weighted by Crippen LogP contribution is -2.50. The van der Waals surface area contributed by atoms with Gasteiger partial charge in [-0.15, -0.1) is 5.10 Å². The number of rotatable bonds is 4. The van der Waals surface area contributed by atoms with Gasteiger partial charge in [0.25, 0.3) is 0 Å². The molecule has 2 aromatic heterocycles. The van der Waals surface area contributed by atoms with Crippen LogP contribution >= 0.6 is 0 Å². The lowest BCUT2D eigenvalue weighted by molar-refractivity contribution is 0.424. The van der Waals surface area contributed by atoms with Gasteiger partial charge in [0.15, 0.2) is 5.82 Å². The summed E-state index contributed by atoms with van der Waals surface area (Å²) in [5.41, 5.74) is 2.61. The van der Waals surface area contributed by atoms with Crippen molar-refractivity contribution in [3.05, 3.63) is 35.9 Å². The first-order valence-corrected chi connectivity index (χ1v) is 7.99. The summed E-state index contributed by atoms with van der Waals surface area (Å²) >= 11 is 0. The average Bonchev–Trinajstić information content (AvgIpc) is 2.54. The zero-order valence-corrected chi connectivity index (χ0v) is 12.6. The number of fused-ring (bicyclic) bond motifs is 1. The molecule has 114 valence electrons. The van der Waals surface area contributed by atoms with Gasteiger partial charge < -0.3 is 10.2 Å². The molecule has 2 aromatic rings. The van der Waals surface area contributed by atoms with Crippen LogP contribution in [0.2, 0.25) is 0 Å². The van der Waals surface area contributed by atoms with E-state index in [1.807, 2.05) is 6.07 Å². The molecular weight excluding hydrogens is 276 g/mol. The van der Waals surface area contributed by atoms with Crippen LogP contribution in [0.5, 0.6) is 0 Å². The predicted octanol–water partition coefficient (Wildman–Crippen LogP) is 1.69. The molecule has 22 heavy (non-hydrogen) atoms. The SMILES string of the molecule is c1cc(NCC2CN(c3cc4c(nn3)CCCC4)C2)ncn1. The Kier molecular flexibility index (Phi) is 3.58. The third-order valence-corrected chi connectivity index (χ3v) is 4.49. The number of hydrogen-bond acceptors (Lipinski definition) is 6. The van der Waals surface area contributed by atoms with Crippen LogP contribution in [0.1, 0.15) is 24.1 Å². The minimum Gasteiger partial charge on any atom is -0.370 e. The molecule has 1 aliphatic carbocycles. The molecule has 1 N–H and O–H groups in total. The minimum atomic E-state index is 0.632. The van der Waals surface area contributed by atoms with Crippen molar-refractivity contribution in [2.45, 2.75) is 25.7 Å². The fraction of sp³-hybridized carbons (Fsp3) is 0.500. The Labute approximate surface area is 130 Å². The molecule has 6 nitrogen and oxygen atoms in total. The van der Waals surface area contributed by atoms with Crippen LogP contribution in [-0.4, -0.2) is 39.8 Å². The Morgan fingerprint density at radius 3 is 2.95 bits per heavy atom. The van der Waals surface area contributed by atoms with Gasteiger partial charge >= 0.3 is 0 Å². The fourth-order valence-electron chi connectivity index (χ4n) is 3.16. The predicted molar refractivity (Wildman–Crippen MR) is 84.9 cm³/mol. The lowest BCUT2D eigenvalue weighted by Gasteiger charge is -2.40. The molecule has 6 heteroatoms. The Morgan fingerprint density at radius 2 is 2.09 bits per heavy atom. The second-order valence-electron chi connectivity index (χ2n) is 6.13. The van der Waals surface area contributed by atoms with E-state index in [-0.39, 0.29) is 0 Å². The standard InChI is InChI=1S/C16H20N6/c1-2-4-14-13(3-1)7-16(21-20-14)22-9-12(10-22)8-18-15-5-6-17-11-19-15/h5-7,11-12H,1-4,8-10H2,(H,17,18,19). The highest BCUT2D eigenvalue weighted by Crippen LogP contribution is 2.26. The van der Waals surface area contributed by atoms with Crippen molar-refractivity contribution in [3.63, 3.8) is 0 Å². The molecule has 0 aromatic carbocycles. The van der Waals surface area contributed by atoms with Crippen LogP contribution in [0.15, 0.2) is 24.7 Å². The molecule has 1 fully saturated rings. The number of hydrogen-bond donors (Lipinski definition) is 1. The monoisotopic (exact) mass is 296 g/mol. The van der Waals surface area contributed by atoms with E-state index in [4.69, 9.17) is 0 Å². The van der Waals surface area contributed by atoms with Crippen molar-refractivity contribution in [3.8, 4) is 0 Å². The quantitative estimate of drug-likeness (QED) is 0.926. The van der Waals surface area contributed by atoms with Gasteiger partial charge in [-0.1, -0.05) is 0 Å². The molecule has 4 rings (SSSR count). The van der Waals surface area contributed by atoms with Crippen molar-refractivity contribution >= 4 is 11.6 Å². The van der Waals surface area contributed by atoms with Gasteiger partial charge in [-0.05, 0) is 43.4 Å². The molecular formula is C16H20N6. The largest absolute Gasteiger partial charge is 0.370 e. The number of aryl methyl sites for hydroxylation is 2. The maximum Gasteiger partial charge on any atom is 0.151 e. The molecule has 1 saturated heterocycles. The van der Waals surface area contributed by atoms with E-state index < -0.39 is 0 Å². The minimum absolute atomic E-state index is 0.632. The summed E-state index contributed by atoms with van der Waals surface area (Å²) < 4.78 is 0. The maximum absolute atomic E-state index is 4.42. The summed E-state index contributed by atoms with van der Waals surface area (Å²) in [5.74, 6) is 2.56. The summed E-state index contributed by atoms with van der Waals surface area (Å²) in [6, 6.07) is 4.14. The molecule has 0 atom stereocenters. The molecule has 3 heterocycles. The van der Waals surface area contributed by atoms with E-state index in [2.05, 4.69) is 36.4 Å². The van der Waals surface area contributed by atoms with Gasteiger partial charge in [0.1, 0.15) is 12.1 Å². The smallest absolute Gasteiger partial charge is 0.151 e. The summed E-state index contributed by atoms with van der Waals surface area (Å²) in [6.45, 7) is 3.00. The highest BCUT2D eigenvalue weighted by molar-refractivity contribution is 5.45. The van der Waals surface area contributed by atoms with Crippen molar-refractivity contribution in [1.29, 1.82) is 0 Å². The summed E-state index contributed by atoms with van der Waals surface area (Å²) in [7, 11) is 0. The second-order valence-corrected chi connectivity index (χ2v) is 6.13. The van der Waals surface area contributed by atoms with Crippen LogP contribution in [0.25, 0.3) is 0 Å². The molecule has 0 radical (unpaired) electrons. The summed E-state index contributed by atoms with van der Waals surface area (Å²) in [4.78, 5) is 10.4. The molecule has 0 spiro atoms. The zero-order chi connectivity index (χ0) is 14.8. The Bertz CT molecular complexity index is 638. The normalized spacial score (nSPS) is 17.7. The Morgan fingerprint density at radius 1 is 1.18 bits per heavy atom. The first-order chi connectivity index (χ1) is 10.9. The van der Waals surface area contributed by atoms with Gasteiger partial charge in [-0.3, -0.25) is 0 Å². The van der Waals surface area contributed by atoms with Crippen molar-refractivity contribution in [1.82, 2.24) is 20.2 Å². The van der Waals surface area contributed by atoms with E-state index in [0.29, 0.717) is 5.92 Å². The number of nitrogens with one attached hydrogen (secondary N) is 1. The highest BCUT2D eigenvalue weighted by atomic mass is 15.3. The van der Waals surface area contributed by atoms with E-state index in [9.17, 15) is 0 Å². The van der Waals surface area contributed by atoms with Gasteiger partial charge in [-0.25, -0.2) is 9.97 Å². The van der Waals surface area contributed by atoms with Crippen molar-refractivity contribution in [2.75, 3.05) is 29.9 Å². The Hall–Kier alpha value is -2.24. The average molecular weight is 296 g/mol. The number of nitrogens with zero attached hydrogens (tertiary/aromatic N) is 5. The highest BCUT2D eigenvalue weighted by Gasteiger charge is 2.28. The molecule has 2 aliphatic rings. The molecule has 1 aliphatic heterocycles. The topological polar surface area (TPSA) is 66.8 Å². The van der Waals surface area contributed by atoms with Gasteiger partial charge in [0.05, 0.1) is 5.69 Å². The van der Waals surface area contributed by atoms with Gasteiger partial charge in [-0.2, -0.15) is 5.10 Å². The number of aromatic nitrogens is 4. The third-order valence-electron chi connectivity index (χ3n) is 4.49. The Balaban J connectivity index is 1.31. The maximum atomic E-state index is 4.42. The summed E-state index contributed by atoms with van der Waals surface area (Å²) in [5, 5.41) is 12.2. The lowest BCUT2D eigenvalue weighted by atomic mass is 9.95. The van der Waals surface area contributed by atoms with Crippen molar-refractivity contribution < 1.29 is 0 Å². The molecule has 0 amide bonds. The van der Waals surface area contributed by atoms with Gasteiger partial charge in [0.2, 0.25) is 0 Å². The van der Waals surface area contributed by atoms with Crippen LogP contribution in [-0.2, 0) is 12.8 Å². The first kappa shape index (κ1) is 13.4. The zero-order valence-electron chi connectivity index (χ0n) is 12.6. The summed E-state index contributed by atoms with van der Waals surface area (Å²) in [6.07, 6.45) is 8.10. The van der Waals surface area contributed by atoms with Gasteiger partial charge in [0, 0.05) is 31.7 Å². The molecule has 0 unspecified atom stereocenters. The van der Waals surface area contributed by atoms with E-state index in [0.717, 1.165) is 44.1 Å². The number of anilines is 2. The van der Waals surface area contributed by atoms with Crippen LogP contribution in [0.4, 0.5) is 11.6 Å². The second kappa shape index (κ2) is 5.87. The first-order valence-electron chi connectivity index (χ1n) is 7.99. The van der Waals surface area contributed by atoms with Crippen LogP contribution < -0.4 is 10.2 Å². The molecule has 0 saturated carbocycles. The van der Waals surface area contributed by atoms with E-state index in [1.54, 1.807) is 12.5 Å². The van der Waals surface area contributed by atoms with Crippen molar-refractivity contribution in [2.24, 2.45) is 5.92 Å². The third kappa shape index (κ3) is 2.73. The van der Waals surface area contributed by atoms with E-state index in [1.165, 1.54) is 24.1 Å².